The van der Waals surface area contributed by atoms with Crippen LogP contribution >= 0.6 is 0 Å². The highest BCUT2D eigenvalue weighted by Crippen LogP contribution is 2.61. The molecule has 4 fully saturated rings. The molecule has 1 unspecified atom stereocenters. The van der Waals surface area contributed by atoms with Gasteiger partial charge < -0.3 is 5.11 Å². The predicted octanol–water partition coefficient (Wildman–Crippen LogP) is 3.96. The largest absolute Gasteiger partial charge is 0.390 e. The minimum atomic E-state index is -0.416. The molecule has 2 heteroatoms. The minimum Gasteiger partial charge on any atom is -0.390 e. The lowest BCUT2D eigenvalue weighted by molar-refractivity contribution is -0.134. The summed E-state index contributed by atoms with van der Waals surface area (Å²) >= 11 is 0. The zero-order chi connectivity index (χ0) is 14.8. The molecule has 4 saturated carbocycles. The lowest BCUT2D eigenvalue weighted by Crippen LogP contribution is -2.50. The molecule has 4 rings (SSSR count). The Labute approximate surface area is 128 Å². The maximum atomic E-state index is 12.3. The minimum absolute atomic E-state index is 0.0220. The molecule has 0 amide bonds. The third-order valence-corrected chi connectivity index (χ3v) is 7.95. The molecule has 0 heterocycles. The Kier molecular flexibility index (Phi) is 3.10. The molecular formula is C19H30O2. The van der Waals surface area contributed by atoms with Crippen LogP contribution in [0.3, 0.4) is 0 Å². The number of hydrogen-bond donors (Lipinski definition) is 1. The number of aliphatic hydroxyl groups is 1. The van der Waals surface area contributed by atoms with E-state index in [1.807, 2.05) is 6.92 Å². The van der Waals surface area contributed by atoms with Crippen molar-refractivity contribution in [2.45, 2.75) is 77.2 Å². The third kappa shape index (κ3) is 2.04. The van der Waals surface area contributed by atoms with Crippen molar-refractivity contribution >= 4 is 5.78 Å². The third-order valence-electron chi connectivity index (χ3n) is 7.95. The Morgan fingerprint density at radius 3 is 2.52 bits per heavy atom. The normalized spacial score (nSPS) is 56.5. The van der Waals surface area contributed by atoms with Crippen LogP contribution in [0.1, 0.15) is 71.6 Å². The molecule has 1 N–H and O–H groups in total. The molecule has 0 aromatic rings. The average Bonchev–Trinajstić information content (AvgIpc) is 2.73. The fourth-order valence-corrected chi connectivity index (χ4v) is 6.85. The van der Waals surface area contributed by atoms with Crippen LogP contribution in [0.25, 0.3) is 0 Å². The number of ketones is 1. The molecule has 4 aliphatic carbocycles. The summed E-state index contributed by atoms with van der Waals surface area (Å²) in [7, 11) is 0. The van der Waals surface area contributed by atoms with Crippen LogP contribution in [0, 0.1) is 35.0 Å². The Morgan fingerprint density at radius 1 is 0.952 bits per heavy atom. The van der Waals surface area contributed by atoms with Crippen molar-refractivity contribution in [3.63, 3.8) is 0 Å². The highest BCUT2D eigenvalue weighted by atomic mass is 16.3. The summed E-state index contributed by atoms with van der Waals surface area (Å²) < 4.78 is 0. The fraction of sp³-hybridized carbons (Fsp3) is 0.947. The maximum Gasteiger partial charge on any atom is 0.139 e. The summed E-state index contributed by atoms with van der Waals surface area (Å²) in [6.07, 6.45) is 10.2. The molecule has 0 radical (unpaired) electrons. The fourth-order valence-electron chi connectivity index (χ4n) is 6.85. The molecule has 2 nitrogen and oxygen atoms in total. The van der Waals surface area contributed by atoms with Crippen LogP contribution < -0.4 is 0 Å². The molecule has 0 aromatic heterocycles. The van der Waals surface area contributed by atoms with Gasteiger partial charge in [0.1, 0.15) is 5.78 Å². The number of carbonyl (C=O) groups is 1. The van der Waals surface area contributed by atoms with Crippen LogP contribution in [-0.4, -0.2) is 16.5 Å². The van der Waals surface area contributed by atoms with Crippen molar-refractivity contribution in [3.8, 4) is 0 Å². The van der Waals surface area contributed by atoms with Gasteiger partial charge in [-0.1, -0.05) is 6.92 Å². The van der Waals surface area contributed by atoms with Gasteiger partial charge in [0.15, 0.2) is 0 Å². The summed E-state index contributed by atoms with van der Waals surface area (Å²) in [6, 6.07) is 0. The second-order valence-corrected chi connectivity index (χ2v) is 9.09. The highest BCUT2D eigenvalue weighted by molar-refractivity contribution is 5.87. The van der Waals surface area contributed by atoms with Crippen LogP contribution in [0.2, 0.25) is 0 Å². The first kappa shape index (κ1) is 14.2. The van der Waals surface area contributed by atoms with Gasteiger partial charge in [0.25, 0.3) is 0 Å². The Bertz CT molecular complexity index is 454. The lowest BCUT2D eigenvalue weighted by atomic mass is 9.50. The second-order valence-electron chi connectivity index (χ2n) is 9.09. The van der Waals surface area contributed by atoms with E-state index in [0.29, 0.717) is 11.7 Å². The van der Waals surface area contributed by atoms with E-state index in [2.05, 4.69) is 6.92 Å². The van der Waals surface area contributed by atoms with Crippen molar-refractivity contribution in [3.05, 3.63) is 0 Å². The predicted molar refractivity (Wildman–Crippen MR) is 82.7 cm³/mol. The van der Waals surface area contributed by atoms with Gasteiger partial charge in [0.2, 0.25) is 0 Å². The quantitative estimate of drug-likeness (QED) is 0.733. The van der Waals surface area contributed by atoms with Gasteiger partial charge >= 0.3 is 0 Å². The summed E-state index contributed by atoms with van der Waals surface area (Å²) in [5, 5.41) is 10.4. The summed E-state index contributed by atoms with van der Waals surface area (Å²) in [6.45, 7) is 4.30. The molecule has 118 valence electrons. The standard InChI is InChI=1S/C19H30O2/c1-18(21)9-7-13-12(11-18)3-4-15-14(13)8-10-19(2)16(15)5-6-17(19)20/h12-16,21H,3-11H2,1-2H3/t12-,13+,14-,15?,16+,18+,19+/m1/s1. The molecule has 0 saturated heterocycles. The van der Waals surface area contributed by atoms with Crippen molar-refractivity contribution in [2.24, 2.45) is 35.0 Å². The van der Waals surface area contributed by atoms with Gasteiger partial charge in [-0.25, -0.2) is 0 Å². The van der Waals surface area contributed by atoms with E-state index < -0.39 is 5.60 Å². The lowest BCUT2D eigenvalue weighted by Gasteiger charge is -2.55. The van der Waals surface area contributed by atoms with Crippen molar-refractivity contribution < 1.29 is 9.90 Å². The molecular weight excluding hydrogens is 260 g/mol. The topological polar surface area (TPSA) is 37.3 Å². The number of Topliss-reactive ketones (excluding diaryl/α,β-unsaturated/α-hetero) is 1. The summed E-state index contributed by atoms with van der Waals surface area (Å²) in [5.41, 5.74) is -0.394. The molecule has 7 atom stereocenters. The van der Waals surface area contributed by atoms with Gasteiger partial charge in [-0.05, 0) is 87.9 Å². The van der Waals surface area contributed by atoms with E-state index in [4.69, 9.17) is 0 Å². The van der Waals surface area contributed by atoms with Crippen molar-refractivity contribution in [1.82, 2.24) is 0 Å². The van der Waals surface area contributed by atoms with E-state index in [1.165, 1.54) is 25.7 Å². The molecule has 0 spiro atoms. The molecule has 0 aliphatic heterocycles. The number of fused-ring (bicyclic) bond motifs is 5. The first-order chi connectivity index (χ1) is 9.91. The van der Waals surface area contributed by atoms with Crippen LogP contribution in [0.5, 0.6) is 0 Å². The van der Waals surface area contributed by atoms with Gasteiger partial charge in [-0.3, -0.25) is 4.79 Å². The van der Waals surface area contributed by atoms with Gasteiger partial charge in [0.05, 0.1) is 5.60 Å². The monoisotopic (exact) mass is 290 g/mol. The Hall–Kier alpha value is -0.370. The average molecular weight is 290 g/mol. The van der Waals surface area contributed by atoms with E-state index >= 15 is 0 Å². The number of hydrogen-bond acceptors (Lipinski definition) is 2. The van der Waals surface area contributed by atoms with Crippen LogP contribution in [0.4, 0.5) is 0 Å². The summed E-state index contributed by atoms with van der Waals surface area (Å²) in [5.74, 6) is 4.47. The second kappa shape index (κ2) is 4.57. The SMILES string of the molecule is C[C@]1(O)CC[C@H]2[C@H](CCC3[C@@H]2CC[C@]2(C)C(=O)CC[C@@H]32)C1. The van der Waals surface area contributed by atoms with Crippen molar-refractivity contribution in [2.75, 3.05) is 0 Å². The first-order valence-corrected chi connectivity index (χ1v) is 9.16. The van der Waals surface area contributed by atoms with Gasteiger partial charge in [-0.15, -0.1) is 0 Å². The number of rotatable bonds is 0. The summed E-state index contributed by atoms with van der Waals surface area (Å²) in [4.78, 5) is 12.3. The Balaban J connectivity index is 1.57. The zero-order valence-corrected chi connectivity index (χ0v) is 13.6. The van der Waals surface area contributed by atoms with Gasteiger partial charge in [0, 0.05) is 11.8 Å². The Morgan fingerprint density at radius 2 is 1.71 bits per heavy atom. The molecule has 21 heavy (non-hydrogen) atoms. The van der Waals surface area contributed by atoms with E-state index in [9.17, 15) is 9.90 Å². The zero-order valence-electron chi connectivity index (χ0n) is 13.6. The van der Waals surface area contributed by atoms with E-state index in [1.54, 1.807) is 0 Å². The smallest absolute Gasteiger partial charge is 0.139 e. The number of carbonyl (C=O) groups excluding carboxylic acids is 1. The molecule has 0 bridgehead atoms. The molecule has 4 aliphatic rings. The van der Waals surface area contributed by atoms with Crippen LogP contribution in [0.15, 0.2) is 0 Å². The van der Waals surface area contributed by atoms with E-state index in [-0.39, 0.29) is 5.41 Å². The molecule has 0 aromatic carbocycles. The maximum absolute atomic E-state index is 12.3. The van der Waals surface area contributed by atoms with Crippen LogP contribution in [-0.2, 0) is 4.79 Å². The van der Waals surface area contributed by atoms with Gasteiger partial charge in [-0.2, -0.15) is 0 Å². The van der Waals surface area contributed by atoms with E-state index in [0.717, 1.165) is 55.8 Å². The highest BCUT2D eigenvalue weighted by Gasteiger charge is 2.57. The van der Waals surface area contributed by atoms with Crippen molar-refractivity contribution in [1.29, 1.82) is 0 Å². The first-order valence-electron chi connectivity index (χ1n) is 9.16.